The predicted octanol–water partition coefficient (Wildman–Crippen LogP) is 15.8. The molecule has 3 rings (SSSR count). The van der Waals surface area contributed by atoms with Crippen molar-refractivity contribution >= 4 is 5.91 Å². The second kappa shape index (κ2) is 67.0. The van der Waals surface area contributed by atoms with Crippen LogP contribution < -0.4 is 5.32 Å². The van der Waals surface area contributed by atoms with E-state index in [9.17, 15) is 61.0 Å². The summed E-state index contributed by atoms with van der Waals surface area (Å²) in [6.07, 6.45) is 60.9. The molecule has 0 spiro atoms. The zero-order chi connectivity index (χ0) is 76.7. The zero-order valence-corrected chi connectivity index (χ0v) is 66.7. The van der Waals surface area contributed by atoms with Crippen LogP contribution in [0.4, 0.5) is 0 Å². The van der Waals surface area contributed by atoms with Gasteiger partial charge in [-0.15, -0.1) is 0 Å². The summed E-state index contributed by atoms with van der Waals surface area (Å²) in [4.78, 5) is 13.5. The summed E-state index contributed by atoms with van der Waals surface area (Å²) in [6.45, 7) is 1.68. The van der Waals surface area contributed by atoms with Crippen molar-refractivity contribution in [3.63, 3.8) is 0 Å². The Morgan fingerprint density at radius 2 is 0.651 bits per heavy atom. The molecule has 17 unspecified atom stereocenters. The Labute approximate surface area is 643 Å². The molecule has 3 aliphatic heterocycles. The van der Waals surface area contributed by atoms with Crippen molar-refractivity contribution in [2.45, 2.75) is 458 Å². The maximum Gasteiger partial charge on any atom is 0.220 e. The number of allylic oxidation sites excluding steroid dienone is 9. The molecule has 19 heteroatoms. The van der Waals surface area contributed by atoms with E-state index in [1.807, 2.05) is 6.08 Å². The molecule has 0 bridgehead atoms. The number of ether oxygens (including phenoxy) is 6. The number of carbonyl (C=O) groups excluding carboxylic acids is 1. The van der Waals surface area contributed by atoms with Gasteiger partial charge in [-0.3, -0.25) is 4.79 Å². The third-order valence-corrected chi connectivity index (χ3v) is 21.6. The lowest BCUT2D eigenvalue weighted by molar-refractivity contribution is -0.379. The first-order valence-electron chi connectivity index (χ1n) is 43.5. The Kier molecular flexibility index (Phi) is 61.8. The van der Waals surface area contributed by atoms with E-state index < -0.39 is 124 Å². The van der Waals surface area contributed by atoms with Gasteiger partial charge in [-0.1, -0.05) is 351 Å². The average Bonchev–Trinajstić information content (AvgIpc) is 0.780. The van der Waals surface area contributed by atoms with Crippen LogP contribution in [0.15, 0.2) is 60.8 Å². The number of aliphatic hydroxyl groups is 11. The predicted molar refractivity (Wildman–Crippen MR) is 425 cm³/mol. The summed E-state index contributed by atoms with van der Waals surface area (Å²) in [6, 6.07) is -0.974. The van der Waals surface area contributed by atoms with Gasteiger partial charge < -0.3 is 89.9 Å². The number of carbonyl (C=O) groups is 1. The highest BCUT2D eigenvalue weighted by molar-refractivity contribution is 5.76. The second-order valence-electron chi connectivity index (χ2n) is 31.0. The number of unbranched alkanes of at least 4 members (excludes halogenated alkanes) is 46. The molecule has 0 aromatic carbocycles. The van der Waals surface area contributed by atoms with Crippen LogP contribution >= 0.6 is 0 Å². The third-order valence-electron chi connectivity index (χ3n) is 21.6. The molecule has 3 saturated heterocycles. The Balaban J connectivity index is 1.30. The van der Waals surface area contributed by atoms with Gasteiger partial charge in [0.05, 0.1) is 38.6 Å². The lowest BCUT2D eigenvalue weighted by Gasteiger charge is -2.48. The topological polar surface area (TPSA) is 307 Å². The van der Waals surface area contributed by atoms with E-state index in [1.54, 1.807) is 6.08 Å². The summed E-state index contributed by atoms with van der Waals surface area (Å²) in [5.74, 6) is -0.268. The van der Waals surface area contributed by atoms with Crippen molar-refractivity contribution in [1.82, 2.24) is 5.32 Å². The first-order chi connectivity index (χ1) is 51.8. The van der Waals surface area contributed by atoms with E-state index in [1.165, 1.54) is 257 Å². The molecule has 0 aliphatic carbocycles. The van der Waals surface area contributed by atoms with E-state index >= 15 is 0 Å². The van der Waals surface area contributed by atoms with Crippen LogP contribution in [0.3, 0.4) is 0 Å². The number of aliphatic hydroxyl groups excluding tert-OH is 11. The molecule has 106 heavy (non-hydrogen) atoms. The van der Waals surface area contributed by atoms with E-state index in [0.29, 0.717) is 6.42 Å². The number of amides is 1. The highest BCUT2D eigenvalue weighted by Gasteiger charge is 2.54. The fourth-order valence-corrected chi connectivity index (χ4v) is 14.7. The van der Waals surface area contributed by atoms with Gasteiger partial charge in [-0.25, -0.2) is 0 Å². The van der Waals surface area contributed by atoms with Crippen molar-refractivity contribution in [2.24, 2.45) is 0 Å². The summed E-state index contributed by atoms with van der Waals surface area (Å²) < 4.78 is 34.5. The van der Waals surface area contributed by atoms with Crippen molar-refractivity contribution in [3.8, 4) is 0 Å². The van der Waals surface area contributed by atoms with Gasteiger partial charge in [0.25, 0.3) is 0 Å². The van der Waals surface area contributed by atoms with Gasteiger partial charge in [0.2, 0.25) is 5.91 Å². The highest BCUT2D eigenvalue weighted by atomic mass is 16.8. The summed E-state index contributed by atoms with van der Waals surface area (Å²) in [5.41, 5.74) is 0. The highest BCUT2D eigenvalue weighted by Crippen LogP contribution is 2.33. The fourth-order valence-electron chi connectivity index (χ4n) is 14.7. The second-order valence-corrected chi connectivity index (χ2v) is 31.0. The monoisotopic (exact) mass is 1510 g/mol. The minimum atomic E-state index is -1.98. The maximum absolute atomic E-state index is 13.5. The molecule has 3 heterocycles. The minimum absolute atomic E-state index is 0.247. The molecular formula is C87H159NO18. The van der Waals surface area contributed by atoms with Crippen LogP contribution in [-0.4, -0.2) is 193 Å². The molecule has 17 atom stereocenters. The van der Waals surface area contributed by atoms with Crippen molar-refractivity contribution in [1.29, 1.82) is 0 Å². The smallest absolute Gasteiger partial charge is 0.220 e. The van der Waals surface area contributed by atoms with Gasteiger partial charge in [-0.05, 0) is 57.8 Å². The Morgan fingerprint density at radius 3 is 1.02 bits per heavy atom. The molecule has 12 N–H and O–H groups in total. The van der Waals surface area contributed by atoms with E-state index in [2.05, 4.69) is 67.8 Å². The van der Waals surface area contributed by atoms with Crippen LogP contribution in [0.25, 0.3) is 0 Å². The largest absolute Gasteiger partial charge is 0.394 e. The molecular weight excluding hydrogens is 1350 g/mol. The number of hydrogen-bond donors (Lipinski definition) is 12. The number of rotatable bonds is 70. The van der Waals surface area contributed by atoms with Crippen molar-refractivity contribution in [3.05, 3.63) is 60.8 Å². The molecule has 0 aromatic rings. The summed E-state index contributed by atoms with van der Waals surface area (Å²) >= 11 is 0. The standard InChI is InChI=1S/C87H159NO18/c1-3-5-7-9-11-13-15-17-19-21-23-25-27-28-29-30-31-32-33-34-35-36-37-38-39-40-41-42-43-45-47-49-51-53-55-57-59-61-63-65-75(93)88-70(71(92)64-62-60-58-56-54-52-50-48-46-44-26-24-22-20-18-16-14-12-10-8-6-4-2)69-101-85-81(99)78(96)83(73(67-90)103-85)106-87-82(100)79(97)84(74(68-91)104-87)105-86-80(98)77(95)76(94)72(66-89)102-86/h5,7,11,13,17,19,23,25,62,64,70-74,76-87,89-92,94-100H,3-4,6,8-10,12,14-16,18,20-22,24,26-61,63,65-69H2,1-2H3,(H,88,93)/b7-5-,13-11-,19-17-,25-23-,64-62+. The van der Waals surface area contributed by atoms with Crippen molar-refractivity contribution in [2.75, 3.05) is 26.4 Å². The minimum Gasteiger partial charge on any atom is -0.394 e. The Hall–Kier alpha value is -2.51. The molecule has 0 aromatic heterocycles. The van der Waals surface area contributed by atoms with Gasteiger partial charge in [0.1, 0.15) is 73.2 Å². The first kappa shape index (κ1) is 97.7. The number of hydrogen-bond acceptors (Lipinski definition) is 18. The maximum atomic E-state index is 13.5. The third kappa shape index (κ3) is 45.9. The van der Waals surface area contributed by atoms with Crippen LogP contribution in [0.5, 0.6) is 0 Å². The average molecular weight is 1510 g/mol. The summed E-state index contributed by atoms with van der Waals surface area (Å²) in [7, 11) is 0. The Bertz CT molecular complexity index is 2150. The van der Waals surface area contributed by atoms with Crippen LogP contribution in [-0.2, 0) is 33.2 Å². The lowest BCUT2D eigenvalue weighted by atomic mass is 9.96. The molecule has 0 saturated carbocycles. The van der Waals surface area contributed by atoms with E-state index in [4.69, 9.17) is 28.4 Å². The summed E-state index contributed by atoms with van der Waals surface area (Å²) in [5, 5.41) is 121. The molecule has 0 radical (unpaired) electrons. The van der Waals surface area contributed by atoms with Crippen LogP contribution in [0.2, 0.25) is 0 Å². The molecule has 19 nitrogen and oxygen atoms in total. The molecule has 3 aliphatic rings. The molecule has 620 valence electrons. The van der Waals surface area contributed by atoms with Gasteiger partial charge in [-0.2, -0.15) is 0 Å². The Morgan fingerprint density at radius 1 is 0.349 bits per heavy atom. The molecule has 1 amide bonds. The van der Waals surface area contributed by atoms with Crippen LogP contribution in [0, 0.1) is 0 Å². The van der Waals surface area contributed by atoms with Crippen LogP contribution in [0.1, 0.15) is 354 Å². The first-order valence-corrected chi connectivity index (χ1v) is 43.5. The lowest BCUT2D eigenvalue weighted by Crippen LogP contribution is -2.66. The number of nitrogens with one attached hydrogen (secondary N) is 1. The van der Waals surface area contributed by atoms with E-state index in [0.717, 1.165) is 70.6 Å². The van der Waals surface area contributed by atoms with Gasteiger partial charge in [0, 0.05) is 6.42 Å². The fraction of sp³-hybridized carbons (Fsp3) is 0.874. The SMILES string of the molecule is CC/C=C\C/C=C\C/C=C\C/C=C\CCCCCCCCCCCCCCCCCCCCCCCCCCCCC(=O)NC(COC1OC(CO)C(OC2OC(CO)C(OC3OC(CO)C(O)C(O)C3O)C(O)C2O)C(O)C1O)C(O)/C=C/CCCCCCCCCCCCCCCCCCCCCC. The zero-order valence-electron chi connectivity index (χ0n) is 66.7. The normalized spacial score (nSPS) is 25.9. The molecule has 3 fully saturated rings. The van der Waals surface area contributed by atoms with Crippen molar-refractivity contribution < 1.29 is 89.4 Å². The van der Waals surface area contributed by atoms with Gasteiger partial charge in [0.15, 0.2) is 18.9 Å². The van der Waals surface area contributed by atoms with E-state index in [-0.39, 0.29) is 18.9 Å². The quantitative estimate of drug-likeness (QED) is 0.0199. The van der Waals surface area contributed by atoms with Gasteiger partial charge >= 0.3 is 0 Å².